The first kappa shape index (κ1) is 17.8. The Hall–Kier alpha value is -2.04. The summed E-state index contributed by atoms with van der Waals surface area (Å²) in [4.78, 5) is 24.4. The Morgan fingerprint density at radius 2 is 1.20 bits per heavy atom. The Balaban J connectivity index is 1.45. The van der Waals surface area contributed by atoms with Crippen molar-refractivity contribution in [1.29, 1.82) is 0 Å². The molecule has 6 heteroatoms. The molecular formula is C19H18Cl2N2O2. The number of carbonyl (C=O) groups is 2. The molecule has 0 aliphatic heterocycles. The normalized spacial score (nSPS) is 18.5. The molecule has 2 aromatic carbocycles. The maximum absolute atomic E-state index is 12.2. The Labute approximate surface area is 156 Å². The molecule has 0 spiro atoms. The van der Waals surface area contributed by atoms with Crippen LogP contribution < -0.4 is 10.6 Å². The van der Waals surface area contributed by atoms with Gasteiger partial charge in [-0.1, -0.05) is 59.6 Å². The van der Waals surface area contributed by atoms with E-state index in [1.807, 2.05) is 36.4 Å². The molecule has 2 amide bonds. The highest BCUT2D eigenvalue weighted by Crippen LogP contribution is 2.39. The average molecular weight is 377 g/mol. The maximum Gasteiger partial charge on any atom is 0.224 e. The molecule has 0 aromatic heterocycles. The molecule has 0 saturated heterocycles. The van der Waals surface area contributed by atoms with Crippen LogP contribution in [-0.4, -0.2) is 11.8 Å². The quantitative estimate of drug-likeness (QED) is 0.809. The maximum atomic E-state index is 12.2. The van der Waals surface area contributed by atoms with Crippen LogP contribution in [0.4, 0.5) is 0 Å². The van der Waals surface area contributed by atoms with Crippen LogP contribution in [0, 0.1) is 11.8 Å². The third-order valence-corrected chi connectivity index (χ3v) is 5.02. The topological polar surface area (TPSA) is 58.2 Å². The van der Waals surface area contributed by atoms with E-state index in [2.05, 4.69) is 10.6 Å². The first-order valence-electron chi connectivity index (χ1n) is 8.08. The summed E-state index contributed by atoms with van der Waals surface area (Å²) in [6, 6.07) is 14.7. The van der Waals surface area contributed by atoms with Gasteiger partial charge in [0.15, 0.2) is 0 Å². The van der Waals surface area contributed by atoms with E-state index in [-0.39, 0.29) is 23.7 Å². The van der Waals surface area contributed by atoms with Gasteiger partial charge in [-0.05, 0) is 29.7 Å². The number of carbonyl (C=O) groups excluding carboxylic acids is 2. The van der Waals surface area contributed by atoms with Crippen molar-refractivity contribution in [3.8, 4) is 0 Å². The lowest BCUT2D eigenvalue weighted by molar-refractivity contribution is -0.127. The Morgan fingerprint density at radius 3 is 1.60 bits per heavy atom. The number of hydrogen-bond acceptors (Lipinski definition) is 2. The monoisotopic (exact) mass is 376 g/mol. The molecule has 1 saturated carbocycles. The van der Waals surface area contributed by atoms with Crippen molar-refractivity contribution in [1.82, 2.24) is 10.6 Å². The van der Waals surface area contributed by atoms with Crippen molar-refractivity contribution in [3.05, 3.63) is 69.7 Å². The highest BCUT2D eigenvalue weighted by atomic mass is 35.5. The van der Waals surface area contributed by atoms with Crippen LogP contribution in [-0.2, 0) is 22.7 Å². The highest BCUT2D eigenvalue weighted by molar-refractivity contribution is 6.31. The van der Waals surface area contributed by atoms with E-state index in [1.54, 1.807) is 12.1 Å². The molecule has 0 heterocycles. The Kier molecular flexibility index (Phi) is 5.61. The van der Waals surface area contributed by atoms with Gasteiger partial charge >= 0.3 is 0 Å². The van der Waals surface area contributed by atoms with Gasteiger partial charge in [-0.15, -0.1) is 0 Å². The molecule has 0 bridgehead atoms. The zero-order chi connectivity index (χ0) is 17.8. The van der Waals surface area contributed by atoms with Crippen molar-refractivity contribution in [3.63, 3.8) is 0 Å². The summed E-state index contributed by atoms with van der Waals surface area (Å²) < 4.78 is 0. The van der Waals surface area contributed by atoms with Gasteiger partial charge in [-0.25, -0.2) is 0 Å². The van der Waals surface area contributed by atoms with E-state index in [9.17, 15) is 9.59 Å². The first-order chi connectivity index (χ1) is 12.1. The number of rotatable bonds is 6. The van der Waals surface area contributed by atoms with Gasteiger partial charge in [-0.2, -0.15) is 0 Å². The van der Waals surface area contributed by atoms with Crippen molar-refractivity contribution in [2.75, 3.05) is 0 Å². The fraction of sp³-hybridized carbons (Fsp3) is 0.263. The summed E-state index contributed by atoms with van der Waals surface area (Å²) in [5, 5.41) is 6.93. The lowest BCUT2D eigenvalue weighted by Crippen LogP contribution is -2.29. The molecule has 1 fully saturated rings. The standard InChI is InChI=1S/C19H18Cl2N2O2/c20-16-7-3-1-5-12(16)10-22-18(24)14-9-15(14)19(25)23-11-13-6-2-4-8-17(13)21/h1-8,14-15H,9-11H2,(H,22,24)(H,23,25). The molecule has 2 unspecified atom stereocenters. The van der Waals surface area contributed by atoms with Gasteiger partial charge in [0, 0.05) is 23.1 Å². The zero-order valence-corrected chi connectivity index (χ0v) is 15.0. The molecule has 1 aliphatic rings. The van der Waals surface area contributed by atoms with Gasteiger partial charge in [0.25, 0.3) is 0 Å². The van der Waals surface area contributed by atoms with Crippen molar-refractivity contribution < 1.29 is 9.59 Å². The minimum atomic E-state index is -0.270. The fourth-order valence-corrected chi connectivity index (χ4v) is 3.09. The van der Waals surface area contributed by atoms with E-state index in [0.29, 0.717) is 29.6 Å². The van der Waals surface area contributed by atoms with Gasteiger partial charge in [-0.3, -0.25) is 9.59 Å². The summed E-state index contributed by atoms with van der Waals surface area (Å²) in [5.74, 6) is -0.766. The van der Waals surface area contributed by atoms with Gasteiger partial charge in [0.05, 0.1) is 11.8 Å². The lowest BCUT2D eigenvalue weighted by atomic mass is 10.2. The van der Waals surface area contributed by atoms with E-state index >= 15 is 0 Å². The van der Waals surface area contributed by atoms with Crippen molar-refractivity contribution in [2.45, 2.75) is 19.5 Å². The van der Waals surface area contributed by atoms with Crippen LogP contribution in [0.1, 0.15) is 17.5 Å². The first-order valence-corrected chi connectivity index (χ1v) is 8.84. The third kappa shape index (κ3) is 4.53. The van der Waals surface area contributed by atoms with Crippen molar-refractivity contribution in [2.24, 2.45) is 11.8 Å². The fourth-order valence-electron chi connectivity index (χ4n) is 2.68. The summed E-state index contributed by atoms with van der Waals surface area (Å²) in [7, 11) is 0. The van der Waals surface area contributed by atoms with E-state index in [4.69, 9.17) is 23.2 Å². The molecular weight excluding hydrogens is 359 g/mol. The smallest absolute Gasteiger partial charge is 0.224 e. The van der Waals surface area contributed by atoms with Gasteiger partial charge in [0.2, 0.25) is 11.8 Å². The number of hydrogen-bond donors (Lipinski definition) is 2. The number of amides is 2. The predicted molar refractivity (Wildman–Crippen MR) is 98.2 cm³/mol. The SMILES string of the molecule is O=C(NCc1ccccc1Cl)C1CC1C(=O)NCc1ccccc1Cl. The summed E-state index contributed by atoms with van der Waals surface area (Å²) in [5.41, 5.74) is 1.72. The largest absolute Gasteiger partial charge is 0.352 e. The zero-order valence-electron chi connectivity index (χ0n) is 13.5. The molecule has 130 valence electrons. The summed E-state index contributed by atoms with van der Waals surface area (Å²) in [6.07, 6.45) is 0.572. The second kappa shape index (κ2) is 7.89. The van der Waals surface area contributed by atoms with Crippen LogP contribution in [0.3, 0.4) is 0 Å². The molecule has 25 heavy (non-hydrogen) atoms. The molecule has 2 atom stereocenters. The van der Waals surface area contributed by atoms with E-state index < -0.39 is 0 Å². The minimum Gasteiger partial charge on any atom is -0.352 e. The Morgan fingerprint density at radius 1 is 0.800 bits per heavy atom. The molecule has 2 aromatic rings. The van der Waals surface area contributed by atoms with Gasteiger partial charge < -0.3 is 10.6 Å². The van der Waals surface area contributed by atoms with Crippen molar-refractivity contribution >= 4 is 35.0 Å². The third-order valence-electron chi connectivity index (χ3n) is 4.29. The second-order valence-corrected chi connectivity index (χ2v) is 6.88. The highest BCUT2D eigenvalue weighted by Gasteiger charge is 2.47. The second-order valence-electron chi connectivity index (χ2n) is 6.07. The summed E-state index contributed by atoms with van der Waals surface area (Å²) >= 11 is 12.1. The Bertz CT molecular complexity index is 729. The van der Waals surface area contributed by atoms with E-state index in [1.165, 1.54) is 0 Å². The predicted octanol–water partition coefficient (Wildman–Crippen LogP) is 3.56. The minimum absolute atomic E-state index is 0.113. The number of halogens is 2. The number of benzene rings is 2. The lowest BCUT2D eigenvalue weighted by Gasteiger charge is -2.08. The van der Waals surface area contributed by atoms with Crippen LogP contribution in [0.5, 0.6) is 0 Å². The van der Waals surface area contributed by atoms with Crippen LogP contribution in [0.15, 0.2) is 48.5 Å². The van der Waals surface area contributed by atoms with Crippen LogP contribution >= 0.6 is 23.2 Å². The average Bonchev–Trinajstić information content (AvgIpc) is 3.41. The molecule has 3 rings (SSSR count). The molecule has 0 radical (unpaired) electrons. The van der Waals surface area contributed by atoms with Gasteiger partial charge in [0.1, 0.15) is 0 Å². The van der Waals surface area contributed by atoms with Crippen LogP contribution in [0.2, 0.25) is 10.0 Å². The van der Waals surface area contributed by atoms with Crippen LogP contribution in [0.25, 0.3) is 0 Å². The molecule has 1 aliphatic carbocycles. The number of nitrogens with one attached hydrogen (secondary N) is 2. The molecule has 4 nitrogen and oxygen atoms in total. The summed E-state index contributed by atoms with van der Waals surface area (Å²) in [6.45, 7) is 0.728. The van der Waals surface area contributed by atoms with E-state index in [0.717, 1.165) is 11.1 Å². The molecule has 2 N–H and O–H groups in total.